The predicted molar refractivity (Wildman–Crippen MR) is 78.5 cm³/mol. The lowest BCUT2D eigenvalue weighted by atomic mass is 9.98. The highest BCUT2D eigenvalue weighted by Crippen LogP contribution is 2.27. The molecule has 0 unspecified atom stereocenters. The topological polar surface area (TPSA) is 26.0 Å². The molecule has 0 saturated carbocycles. The Hall–Kier alpha value is -2.28. The maximum Gasteiger partial charge on any atom is 0.0323 e. The van der Waals surface area contributed by atoms with Crippen LogP contribution in [0.15, 0.2) is 60.7 Å². The molecule has 18 heavy (non-hydrogen) atoms. The third-order valence-electron chi connectivity index (χ3n) is 3.29. The SMILES string of the molecule is Cc1cc(N)cc2cc(-c3ccccc3)ccc12. The molecule has 0 amide bonds. The van der Waals surface area contributed by atoms with Crippen LogP contribution in [0.2, 0.25) is 0 Å². The average molecular weight is 233 g/mol. The summed E-state index contributed by atoms with van der Waals surface area (Å²) in [7, 11) is 0. The Bertz CT molecular complexity index is 699. The third-order valence-corrected chi connectivity index (χ3v) is 3.29. The van der Waals surface area contributed by atoms with Crippen molar-refractivity contribution in [2.45, 2.75) is 6.92 Å². The molecule has 0 aliphatic carbocycles. The third kappa shape index (κ3) is 1.84. The molecular weight excluding hydrogens is 218 g/mol. The number of hydrogen-bond donors (Lipinski definition) is 1. The zero-order valence-electron chi connectivity index (χ0n) is 10.4. The molecule has 0 aromatic heterocycles. The first-order valence-electron chi connectivity index (χ1n) is 6.09. The van der Waals surface area contributed by atoms with E-state index in [2.05, 4.69) is 49.4 Å². The second-order valence-electron chi connectivity index (χ2n) is 4.64. The molecule has 0 spiro atoms. The van der Waals surface area contributed by atoms with Crippen molar-refractivity contribution < 1.29 is 0 Å². The second-order valence-corrected chi connectivity index (χ2v) is 4.64. The number of fused-ring (bicyclic) bond motifs is 1. The number of nitrogens with two attached hydrogens (primary N) is 1. The summed E-state index contributed by atoms with van der Waals surface area (Å²) in [5.74, 6) is 0. The van der Waals surface area contributed by atoms with Crippen molar-refractivity contribution in [2.24, 2.45) is 0 Å². The molecule has 0 atom stereocenters. The van der Waals surface area contributed by atoms with Gasteiger partial charge in [-0.3, -0.25) is 0 Å². The first kappa shape index (κ1) is 10.8. The maximum absolute atomic E-state index is 5.91. The zero-order chi connectivity index (χ0) is 12.5. The molecule has 3 aromatic carbocycles. The molecule has 0 aliphatic heterocycles. The summed E-state index contributed by atoms with van der Waals surface area (Å²) in [6.07, 6.45) is 0. The van der Waals surface area contributed by atoms with Crippen LogP contribution in [-0.2, 0) is 0 Å². The molecule has 0 radical (unpaired) electrons. The molecule has 0 saturated heterocycles. The number of rotatable bonds is 1. The molecule has 1 heteroatoms. The lowest BCUT2D eigenvalue weighted by Crippen LogP contribution is -1.88. The van der Waals surface area contributed by atoms with Crippen molar-refractivity contribution in [1.82, 2.24) is 0 Å². The Labute approximate surface area is 107 Å². The number of benzene rings is 3. The van der Waals surface area contributed by atoms with Crippen molar-refractivity contribution in [3.8, 4) is 11.1 Å². The van der Waals surface area contributed by atoms with E-state index in [0.717, 1.165) is 5.69 Å². The zero-order valence-corrected chi connectivity index (χ0v) is 10.4. The molecule has 0 fully saturated rings. The van der Waals surface area contributed by atoms with Crippen LogP contribution in [0.5, 0.6) is 0 Å². The number of hydrogen-bond acceptors (Lipinski definition) is 1. The summed E-state index contributed by atoms with van der Waals surface area (Å²) in [5, 5.41) is 2.47. The standard InChI is InChI=1S/C17H15N/c1-12-9-16(18)11-15-10-14(7-8-17(12)15)13-5-3-2-4-6-13/h2-11H,18H2,1H3. The summed E-state index contributed by atoms with van der Waals surface area (Å²) < 4.78 is 0. The van der Waals surface area contributed by atoms with E-state index in [1.54, 1.807) is 0 Å². The minimum Gasteiger partial charge on any atom is -0.399 e. The van der Waals surface area contributed by atoms with Gasteiger partial charge in [0, 0.05) is 5.69 Å². The van der Waals surface area contributed by atoms with Gasteiger partial charge in [0.25, 0.3) is 0 Å². The van der Waals surface area contributed by atoms with Crippen molar-refractivity contribution in [3.05, 3.63) is 66.2 Å². The van der Waals surface area contributed by atoms with Gasteiger partial charge in [-0.15, -0.1) is 0 Å². The van der Waals surface area contributed by atoms with E-state index in [0.29, 0.717) is 0 Å². The highest BCUT2D eigenvalue weighted by atomic mass is 14.5. The Balaban J connectivity index is 2.23. The van der Waals surface area contributed by atoms with Crippen LogP contribution in [0.25, 0.3) is 21.9 Å². The minimum atomic E-state index is 0.824. The normalized spacial score (nSPS) is 10.7. The van der Waals surface area contributed by atoms with Crippen molar-refractivity contribution >= 4 is 16.5 Å². The van der Waals surface area contributed by atoms with Crippen molar-refractivity contribution in [1.29, 1.82) is 0 Å². The minimum absolute atomic E-state index is 0.824. The molecule has 0 heterocycles. The van der Waals surface area contributed by atoms with E-state index >= 15 is 0 Å². The quantitative estimate of drug-likeness (QED) is 0.619. The number of aryl methyl sites for hydroxylation is 1. The van der Waals surface area contributed by atoms with Crippen molar-refractivity contribution in [3.63, 3.8) is 0 Å². The molecule has 3 aromatic rings. The molecule has 3 rings (SSSR count). The fourth-order valence-corrected chi connectivity index (χ4v) is 2.40. The van der Waals surface area contributed by atoms with Gasteiger partial charge in [-0.1, -0.05) is 42.5 Å². The summed E-state index contributed by atoms with van der Waals surface area (Å²) in [6.45, 7) is 2.10. The summed E-state index contributed by atoms with van der Waals surface area (Å²) in [6, 6.07) is 21.0. The van der Waals surface area contributed by atoms with Crippen LogP contribution in [0, 0.1) is 6.92 Å². The van der Waals surface area contributed by atoms with Gasteiger partial charge in [-0.25, -0.2) is 0 Å². The molecule has 0 bridgehead atoms. The first-order valence-corrected chi connectivity index (χ1v) is 6.09. The van der Waals surface area contributed by atoms with E-state index in [4.69, 9.17) is 5.73 Å². The molecule has 1 nitrogen and oxygen atoms in total. The maximum atomic E-state index is 5.91. The van der Waals surface area contributed by atoms with Gasteiger partial charge in [-0.05, 0) is 52.6 Å². The van der Waals surface area contributed by atoms with Gasteiger partial charge >= 0.3 is 0 Å². The average Bonchev–Trinajstić information content (AvgIpc) is 2.39. The van der Waals surface area contributed by atoms with Gasteiger partial charge in [0.05, 0.1) is 0 Å². The van der Waals surface area contributed by atoms with Crippen molar-refractivity contribution in [2.75, 3.05) is 5.73 Å². The summed E-state index contributed by atoms with van der Waals surface area (Å²) >= 11 is 0. The Morgan fingerprint density at radius 1 is 0.778 bits per heavy atom. The smallest absolute Gasteiger partial charge is 0.0323 e. The van der Waals surface area contributed by atoms with Crippen LogP contribution in [-0.4, -0.2) is 0 Å². The van der Waals surface area contributed by atoms with Gasteiger partial charge in [-0.2, -0.15) is 0 Å². The molecular formula is C17H15N. The highest BCUT2D eigenvalue weighted by Gasteiger charge is 2.02. The van der Waals surface area contributed by atoms with E-state index in [1.165, 1.54) is 27.5 Å². The fourth-order valence-electron chi connectivity index (χ4n) is 2.40. The predicted octanol–water partition coefficient (Wildman–Crippen LogP) is 4.40. The van der Waals surface area contributed by atoms with Gasteiger partial charge in [0.2, 0.25) is 0 Å². The van der Waals surface area contributed by atoms with Crippen LogP contribution in [0.4, 0.5) is 5.69 Å². The fraction of sp³-hybridized carbons (Fsp3) is 0.0588. The van der Waals surface area contributed by atoms with Crippen LogP contribution in [0.1, 0.15) is 5.56 Å². The highest BCUT2D eigenvalue weighted by molar-refractivity contribution is 5.91. The van der Waals surface area contributed by atoms with E-state index in [-0.39, 0.29) is 0 Å². The Morgan fingerprint density at radius 2 is 1.56 bits per heavy atom. The lowest BCUT2D eigenvalue weighted by Gasteiger charge is -2.07. The molecule has 88 valence electrons. The van der Waals surface area contributed by atoms with Gasteiger partial charge < -0.3 is 5.73 Å². The second kappa shape index (κ2) is 4.19. The summed E-state index contributed by atoms with van der Waals surface area (Å²) in [4.78, 5) is 0. The molecule has 0 aliphatic rings. The first-order chi connectivity index (χ1) is 8.74. The van der Waals surface area contributed by atoms with E-state index < -0.39 is 0 Å². The monoisotopic (exact) mass is 233 g/mol. The number of anilines is 1. The molecule has 2 N–H and O–H groups in total. The van der Waals surface area contributed by atoms with E-state index in [1.807, 2.05) is 18.2 Å². The Kier molecular flexibility index (Phi) is 2.52. The largest absolute Gasteiger partial charge is 0.399 e. The number of nitrogen functional groups attached to an aromatic ring is 1. The lowest BCUT2D eigenvalue weighted by molar-refractivity contribution is 1.53. The van der Waals surface area contributed by atoms with Crippen LogP contribution in [0.3, 0.4) is 0 Å². The van der Waals surface area contributed by atoms with Gasteiger partial charge in [0.15, 0.2) is 0 Å². The van der Waals surface area contributed by atoms with Crippen LogP contribution < -0.4 is 5.73 Å². The van der Waals surface area contributed by atoms with E-state index in [9.17, 15) is 0 Å². The summed E-state index contributed by atoms with van der Waals surface area (Å²) in [5.41, 5.74) is 10.4. The van der Waals surface area contributed by atoms with Gasteiger partial charge in [0.1, 0.15) is 0 Å². The Morgan fingerprint density at radius 3 is 2.33 bits per heavy atom. The van der Waals surface area contributed by atoms with Crippen LogP contribution >= 0.6 is 0 Å².